The van der Waals surface area contributed by atoms with E-state index < -0.39 is 12.1 Å². The monoisotopic (exact) mass is 283 g/mol. The van der Waals surface area contributed by atoms with Crippen LogP contribution in [0, 0.1) is 11.8 Å². The lowest BCUT2D eigenvalue weighted by molar-refractivity contribution is -0.184. The Morgan fingerprint density at radius 3 is 2.28 bits per heavy atom. The Kier molecular flexibility index (Phi) is 4.09. The molecule has 1 aliphatic carbocycles. The van der Waals surface area contributed by atoms with Gasteiger partial charge < -0.3 is 4.90 Å². The number of hydrogen-bond donors (Lipinski definition) is 0. The summed E-state index contributed by atoms with van der Waals surface area (Å²) in [6, 6.07) is 0. The van der Waals surface area contributed by atoms with Gasteiger partial charge in [0.15, 0.2) is 0 Å². The van der Waals surface area contributed by atoms with Crippen LogP contribution < -0.4 is 0 Å². The zero-order valence-electron chi connectivity index (χ0n) is 10.0. The second kappa shape index (κ2) is 5.27. The molecule has 1 saturated carbocycles. The Morgan fingerprint density at radius 2 is 1.83 bits per heavy atom. The van der Waals surface area contributed by atoms with Crippen LogP contribution in [0.15, 0.2) is 0 Å². The molecule has 0 radical (unpaired) electrons. The summed E-state index contributed by atoms with van der Waals surface area (Å²) in [5.74, 6) is -0.911. The molecule has 0 aromatic rings. The highest BCUT2D eigenvalue weighted by Gasteiger charge is 2.42. The van der Waals surface area contributed by atoms with Crippen molar-refractivity contribution >= 4 is 17.5 Å². The smallest absolute Gasteiger partial charge is 0.341 e. The molecule has 2 nitrogen and oxygen atoms in total. The van der Waals surface area contributed by atoms with E-state index in [0.29, 0.717) is 32.4 Å². The highest BCUT2D eigenvalue weighted by atomic mass is 35.5. The van der Waals surface area contributed by atoms with Crippen LogP contribution in [0.1, 0.15) is 32.1 Å². The van der Waals surface area contributed by atoms with Crippen molar-refractivity contribution in [3.8, 4) is 0 Å². The first-order valence-electron chi connectivity index (χ1n) is 6.35. The van der Waals surface area contributed by atoms with Crippen molar-refractivity contribution in [1.29, 1.82) is 0 Å². The minimum Gasteiger partial charge on any atom is -0.341 e. The van der Waals surface area contributed by atoms with E-state index in [1.165, 1.54) is 0 Å². The predicted molar refractivity (Wildman–Crippen MR) is 62.3 cm³/mol. The first-order valence-corrected chi connectivity index (χ1v) is 6.78. The molecule has 0 bridgehead atoms. The topological polar surface area (TPSA) is 20.3 Å². The number of alkyl halides is 4. The van der Waals surface area contributed by atoms with Crippen molar-refractivity contribution in [3.05, 3.63) is 0 Å². The van der Waals surface area contributed by atoms with Gasteiger partial charge >= 0.3 is 6.18 Å². The second-order valence-corrected chi connectivity index (χ2v) is 5.98. The molecule has 0 aromatic heterocycles. The maximum Gasteiger partial charge on any atom is 0.391 e. The Labute approximate surface area is 109 Å². The number of likely N-dealkylation sites (tertiary alicyclic amines) is 1. The van der Waals surface area contributed by atoms with Crippen molar-refractivity contribution in [1.82, 2.24) is 4.90 Å². The molecule has 2 aliphatic rings. The average Bonchev–Trinajstić information content (AvgIpc) is 2.57. The van der Waals surface area contributed by atoms with Gasteiger partial charge in [-0.1, -0.05) is 0 Å². The molecule has 0 N–H and O–H groups in total. The molecule has 1 saturated heterocycles. The van der Waals surface area contributed by atoms with Crippen LogP contribution >= 0.6 is 11.6 Å². The van der Waals surface area contributed by atoms with Crippen LogP contribution in [-0.4, -0.2) is 35.4 Å². The molecule has 1 unspecified atom stereocenters. The van der Waals surface area contributed by atoms with Crippen LogP contribution in [0.4, 0.5) is 13.2 Å². The van der Waals surface area contributed by atoms with Gasteiger partial charge in [-0.3, -0.25) is 4.79 Å². The zero-order valence-corrected chi connectivity index (χ0v) is 10.8. The van der Waals surface area contributed by atoms with E-state index in [2.05, 4.69) is 0 Å². The molecule has 6 heteroatoms. The zero-order chi connectivity index (χ0) is 13.3. The van der Waals surface area contributed by atoms with Gasteiger partial charge in [0, 0.05) is 19.5 Å². The molecule has 2 fully saturated rings. The van der Waals surface area contributed by atoms with E-state index in [9.17, 15) is 18.0 Å². The van der Waals surface area contributed by atoms with Crippen molar-refractivity contribution in [2.45, 2.75) is 43.7 Å². The quantitative estimate of drug-likeness (QED) is 0.713. The Hall–Kier alpha value is -0.450. The number of nitrogens with zero attached hydrogens (tertiary/aromatic N) is 1. The molecule has 104 valence electrons. The molecule has 1 atom stereocenters. The van der Waals surface area contributed by atoms with Crippen LogP contribution in [0.3, 0.4) is 0 Å². The summed E-state index contributed by atoms with van der Waals surface area (Å²) in [5, 5.41) is -0.135. The summed E-state index contributed by atoms with van der Waals surface area (Å²) >= 11 is 5.89. The van der Waals surface area contributed by atoms with Gasteiger partial charge in [-0.05, 0) is 31.6 Å². The fourth-order valence-electron chi connectivity index (χ4n) is 2.88. The third-order valence-electron chi connectivity index (χ3n) is 3.96. The molecule has 1 heterocycles. The van der Waals surface area contributed by atoms with E-state index in [4.69, 9.17) is 11.6 Å². The van der Waals surface area contributed by atoms with Gasteiger partial charge in [0.2, 0.25) is 5.91 Å². The number of hydrogen-bond acceptors (Lipinski definition) is 1. The fourth-order valence-corrected chi connectivity index (χ4v) is 3.18. The number of halogens is 4. The van der Waals surface area contributed by atoms with Gasteiger partial charge in [0.1, 0.15) is 0 Å². The van der Waals surface area contributed by atoms with Crippen LogP contribution in [0.5, 0.6) is 0 Å². The molecule has 0 aromatic carbocycles. The summed E-state index contributed by atoms with van der Waals surface area (Å²) in [4.78, 5) is 13.2. The van der Waals surface area contributed by atoms with Gasteiger partial charge in [0.25, 0.3) is 0 Å². The molecule has 1 amide bonds. The van der Waals surface area contributed by atoms with Crippen molar-refractivity contribution < 1.29 is 18.0 Å². The highest BCUT2D eigenvalue weighted by Crippen LogP contribution is 2.39. The highest BCUT2D eigenvalue weighted by molar-refractivity contribution is 6.22. The van der Waals surface area contributed by atoms with Gasteiger partial charge in [0.05, 0.1) is 11.3 Å². The summed E-state index contributed by atoms with van der Waals surface area (Å²) in [5.41, 5.74) is 0. The maximum absolute atomic E-state index is 12.5. The number of carbonyl (C=O) groups excluding carboxylic acids is 1. The Morgan fingerprint density at radius 1 is 1.22 bits per heavy atom. The minimum atomic E-state index is -4.06. The number of rotatable bonds is 2. The lowest BCUT2D eigenvalue weighted by atomic mass is 9.81. The summed E-state index contributed by atoms with van der Waals surface area (Å²) in [7, 11) is 0. The maximum atomic E-state index is 12.5. The summed E-state index contributed by atoms with van der Waals surface area (Å²) < 4.78 is 37.5. The van der Waals surface area contributed by atoms with Crippen LogP contribution in [-0.2, 0) is 4.79 Å². The van der Waals surface area contributed by atoms with E-state index in [0.717, 1.165) is 0 Å². The number of carbonyl (C=O) groups is 1. The lowest BCUT2D eigenvalue weighted by Gasteiger charge is -2.32. The number of amides is 1. The average molecular weight is 284 g/mol. The summed E-state index contributed by atoms with van der Waals surface area (Å²) in [6.07, 6.45) is -2.20. The molecule has 0 spiro atoms. The minimum absolute atomic E-state index is 0.0351. The largest absolute Gasteiger partial charge is 0.391 e. The van der Waals surface area contributed by atoms with E-state index in [1.54, 1.807) is 4.90 Å². The van der Waals surface area contributed by atoms with E-state index in [-0.39, 0.29) is 30.0 Å². The fraction of sp³-hybridized carbons (Fsp3) is 0.917. The standard InChI is InChI=1S/C12H17ClF3NO/c13-10-5-11(18)17(7-10)6-8-1-3-9(4-2-8)12(14,15)16/h8-10H,1-7H2. The summed E-state index contributed by atoms with van der Waals surface area (Å²) in [6.45, 7) is 1.12. The van der Waals surface area contributed by atoms with Crippen LogP contribution in [0.2, 0.25) is 0 Å². The molecular formula is C12H17ClF3NO. The van der Waals surface area contributed by atoms with Gasteiger partial charge in [-0.2, -0.15) is 13.2 Å². The first kappa shape index (κ1) is 14.0. The van der Waals surface area contributed by atoms with Crippen molar-refractivity contribution in [2.24, 2.45) is 11.8 Å². The van der Waals surface area contributed by atoms with Crippen molar-refractivity contribution in [3.63, 3.8) is 0 Å². The second-order valence-electron chi connectivity index (χ2n) is 5.36. The molecular weight excluding hydrogens is 267 g/mol. The van der Waals surface area contributed by atoms with Crippen molar-refractivity contribution in [2.75, 3.05) is 13.1 Å². The third-order valence-corrected chi connectivity index (χ3v) is 4.25. The lowest BCUT2D eigenvalue weighted by Crippen LogP contribution is -2.35. The van der Waals surface area contributed by atoms with E-state index in [1.807, 2.05) is 0 Å². The Bertz CT molecular complexity index is 313. The van der Waals surface area contributed by atoms with E-state index >= 15 is 0 Å². The van der Waals surface area contributed by atoms with Crippen LogP contribution in [0.25, 0.3) is 0 Å². The predicted octanol–water partition coefficient (Wildman–Crippen LogP) is 3.19. The molecule has 2 rings (SSSR count). The normalized spacial score (nSPS) is 34.1. The Balaban J connectivity index is 1.79. The third kappa shape index (κ3) is 3.31. The SMILES string of the molecule is O=C1CC(Cl)CN1CC1CCC(C(F)(F)F)CC1. The molecule has 1 aliphatic heterocycles. The van der Waals surface area contributed by atoms with Gasteiger partial charge in [-0.15, -0.1) is 11.6 Å². The van der Waals surface area contributed by atoms with Gasteiger partial charge in [-0.25, -0.2) is 0 Å². The first-order chi connectivity index (χ1) is 8.36. The molecule has 18 heavy (non-hydrogen) atoms.